The summed E-state index contributed by atoms with van der Waals surface area (Å²) in [6.07, 6.45) is 16.6. The van der Waals surface area contributed by atoms with Gasteiger partial charge in [-0.15, -0.1) is 11.3 Å². The fourth-order valence-electron chi connectivity index (χ4n) is 15.8. The van der Waals surface area contributed by atoms with Crippen LogP contribution in [0.5, 0.6) is 11.5 Å². The van der Waals surface area contributed by atoms with E-state index in [0.29, 0.717) is 50.2 Å². The Labute approximate surface area is 627 Å². The number of aliphatic hydroxyl groups excluding tert-OH is 1. The molecule has 22 nitrogen and oxygen atoms in total. The molecule has 6 heterocycles. The van der Waals surface area contributed by atoms with E-state index in [-0.39, 0.29) is 53.1 Å². The Kier molecular flexibility index (Phi) is 25.2. The molecule has 4 aromatic carbocycles. The summed E-state index contributed by atoms with van der Waals surface area (Å²) in [4.78, 5) is 78.1. The number of sulfonamides is 1. The van der Waals surface area contributed by atoms with E-state index < -0.39 is 55.0 Å². The third-order valence-electron chi connectivity index (χ3n) is 22.0. The maximum Gasteiger partial charge on any atom is 0.293 e. The number of nitro groups is 1. The first-order chi connectivity index (χ1) is 50.4. The van der Waals surface area contributed by atoms with Gasteiger partial charge in [0, 0.05) is 125 Å². The number of aromatic nitrogens is 3. The molecule has 562 valence electrons. The van der Waals surface area contributed by atoms with Crippen molar-refractivity contribution in [2.45, 2.75) is 167 Å². The first-order valence-corrected chi connectivity index (χ1v) is 40.4. The summed E-state index contributed by atoms with van der Waals surface area (Å²) in [7, 11) is -4.62. The van der Waals surface area contributed by atoms with Gasteiger partial charge in [0.15, 0.2) is 0 Å². The van der Waals surface area contributed by atoms with Crippen molar-refractivity contribution < 1.29 is 37.6 Å². The molecule has 3 amide bonds. The number of halogens is 1. The highest BCUT2D eigenvalue weighted by Gasteiger charge is 2.44. The van der Waals surface area contributed by atoms with Gasteiger partial charge in [0.05, 0.1) is 49.8 Å². The Bertz CT molecular complexity index is 4310. The largest absolute Gasteiger partial charge is 0.455 e. The summed E-state index contributed by atoms with van der Waals surface area (Å²) in [6.45, 7) is 23.6. The average molecular weight is 1490 g/mol. The number of aryl methyl sites for hydroxylation is 1. The van der Waals surface area contributed by atoms with Crippen molar-refractivity contribution in [3.8, 4) is 21.9 Å². The van der Waals surface area contributed by atoms with Crippen molar-refractivity contribution in [1.29, 1.82) is 0 Å². The number of hydrogen-bond donors (Lipinski definition) is 6. The smallest absolute Gasteiger partial charge is 0.293 e. The van der Waals surface area contributed by atoms with Crippen LogP contribution in [-0.2, 0) is 26.2 Å². The number of fused-ring (bicyclic) bond motifs is 1. The second kappa shape index (κ2) is 34.4. The number of nitrogens with one attached hydrogen (secondary N) is 5. The lowest BCUT2D eigenvalue weighted by molar-refractivity contribution is -0.384. The summed E-state index contributed by atoms with van der Waals surface area (Å²) in [6, 6.07) is 28.0. The maximum absolute atomic E-state index is 14.3. The van der Waals surface area contributed by atoms with E-state index in [1.807, 2.05) is 75.7 Å². The number of aromatic amines is 1. The van der Waals surface area contributed by atoms with Crippen LogP contribution in [0.15, 0.2) is 125 Å². The highest BCUT2D eigenvalue weighted by molar-refractivity contribution is 7.90. The van der Waals surface area contributed by atoms with Crippen LogP contribution in [0.25, 0.3) is 27.0 Å². The molecular weight excluding hydrogens is 1390 g/mol. The quantitative estimate of drug-likeness (QED) is 0.0145. The molecule has 3 aromatic heterocycles. The number of nitro benzene ring substituents is 1. The molecular formula is C80H104ClN13O9S2. The maximum atomic E-state index is 14.3. The van der Waals surface area contributed by atoms with Gasteiger partial charge >= 0.3 is 0 Å². The number of allylic oxidation sites excluding steroid dienone is 1. The summed E-state index contributed by atoms with van der Waals surface area (Å²) < 4.78 is 36.8. The zero-order valence-corrected chi connectivity index (χ0v) is 64.0. The zero-order chi connectivity index (χ0) is 74.0. The van der Waals surface area contributed by atoms with Crippen LogP contribution in [0.1, 0.15) is 152 Å². The molecule has 4 fully saturated rings. The number of piperazine rings is 2. The Balaban J connectivity index is 0.555. The molecule has 6 N–H and O–H groups in total. The van der Waals surface area contributed by atoms with Gasteiger partial charge in [0.1, 0.15) is 28.9 Å². The number of hydrogen-bond acceptors (Lipinski definition) is 18. The highest BCUT2D eigenvalue weighted by atomic mass is 35.5. The molecule has 105 heavy (non-hydrogen) atoms. The monoisotopic (exact) mass is 1490 g/mol. The van der Waals surface area contributed by atoms with Crippen LogP contribution in [-0.4, -0.2) is 180 Å². The molecule has 0 radical (unpaired) electrons. The van der Waals surface area contributed by atoms with Gasteiger partial charge in [0.2, 0.25) is 11.8 Å². The van der Waals surface area contributed by atoms with E-state index in [1.165, 1.54) is 41.5 Å². The van der Waals surface area contributed by atoms with E-state index in [1.54, 1.807) is 46.7 Å². The number of carbonyl (C=O) groups excluding carboxylic acids is 3. The molecule has 7 aromatic rings. The van der Waals surface area contributed by atoms with Gasteiger partial charge in [-0.05, 0) is 165 Å². The Morgan fingerprint density at radius 3 is 2.28 bits per heavy atom. The highest BCUT2D eigenvalue weighted by Crippen LogP contribution is 2.44. The van der Waals surface area contributed by atoms with Crippen LogP contribution in [0, 0.1) is 33.8 Å². The summed E-state index contributed by atoms with van der Waals surface area (Å²) in [5.41, 5.74) is 9.99. The number of nitrogens with zero attached hydrogens (tertiary/aromatic N) is 8. The number of carbonyl (C=O) groups is 3. The Morgan fingerprint density at radius 2 is 1.56 bits per heavy atom. The van der Waals surface area contributed by atoms with E-state index in [9.17, 15) is 38.0 Å². The fourth-order valence-corrected chi connectivity index (χ4v) is 17.7. The fraction of sp³-hybridized carbons (Fsp3) is 0.512. The first-order valence-electron chi connectivity index (χ1n) is 37.6. The van der Waals surface area contributed by atoms with Crippen molar-refractivity contribution in [3.63, 3.8) is 0 Å². The topological polar surface area (TPSA) is 264 Å². The van der Waals surface area contributed by atoms with Crippen LogP contribution < -0.4 is 30.3 Å². The molecule has 3 atom stereocenters. The minimum atomic E-state index is -4.62. The lowest BCUT2D eigenvalue weighted by Crippen LogP contribution is -2.56. The Hall–Kier alpha value is -7.81. The number of amides is 3. The van der Waals surface area contributed by atoms with Gasteiger partial charge in [0.25, 0.3) is 21.6 Å². The SMILES string of the molecule is Cc1ncsc1-c1ccc(CNC(=O)[C@@H]2C[C@@H](O)CN2C(=O)[C@@H](NCCCCCCCCN2CCN(C3CCC(CNc4ccc(S(=O)(=O)NC(=O)c5ccc(N6CCN(CC7=C(c8ccc(Cl)cc8)CC(C)(C)CC7)CC6)cc5Oc5cnc6[nH]ccc6c5)cc4[N+](=O)[O-])CC3)CC2)C(C)(C)C)cc1. The molecule has 3 saturated heterocycles. The number of benzene rings is 4. The molecule has 0 bridgehead atoms. The average Bonchev–Trinajstić information content (AvgIpc) is 1.54. The van der Waals surface area contributed by atoms with E-state index in [0.717, 1.165) is 173 Å². The van der Waals surface area contributed by atoms with E-state index in [2.05, 4.69) is 81.2 Å². The molecule has 25 heteroatoms. The van der Waals surface area contributed by atoms with Crippen molar-refractivity contribution in [1.82, 2.24) is 49.9 Å². The van der Waals surface area contributed by atoms with Crippen molar-refractivity contribution >= 4 is 84.4 Å². The molecule has 0 spiro atoms. The number of thiazole rings is 1. The number of β-amino-alcohol motifs (C(OH)–C–C–N with tert-alkyl or cyclic N) is 1. The van der Waals surface area contributed by atoms with Crippen molar-refractivity contribution in [2.24, 2.45) is 16.7 Å². The summed E-state index contributed by atoms with van der Waals surface area (Å²) in [5.74, 6) is -0.599. The number of pyridine rings is 1. The lowest BCUT2D eigenvalue weighted by Gasteiger charge is -2.42. The van der Waals surface area contributed by atoms with Crippen LogP contribution in [0.2, 0.25) is 5.02 Å². The zero-order valence-electron chi connectivity index (χ0n) is 61.6. The van der Waals surface area contributed by atoms with Gasteiger partial charge in [-0.25, -0.2) is 23.1 Å². The number of anilines is 2. The second-order valence-electron chi connectivity index (χ2n) is 31.3. The molecule has 0 unspecified atom stereocenters. The third-order valence-corrected chi connectivity index (χ3v) is 24.6. The molecule has 5 aliphatic rings. The van der Waals surface area contributed by atoms with Crippen LogP contribution in [0.3, 0.4) is 0 Å². The molecule has 3 aliphatic heterocycles. The predicted molar refractivity (Wildman–Crippen MR) is 416 cm³/mol. The van der Waals surface area contributed by atoms with Crippen LogP contribution in [0.4, 0.5) is 17.1 Å². The number of likely N-dealkylation sites (tertiary alicyclic amines) is 1. The van der Waals surface area contributed by atoms with E-state index in [4.69, 9.17) is 16.3 Å². The summed E-state index contributed by atoms with van der Waals surface area (Å²) >= 11 is 7.89. The predicted octanol–water partition coefficient (Wildman–Crippen LogP) is 13.5. The van der Waals surface area contributed by atoms with Gasteiger partial charge in [-0.1, -0.05) is 114 Å². The van der Waals surface area contributed by atoms with Crippen molar-refractivity contribution in [3.05, 3.63) is 158 Å². The molecule has 2 aliphatic carbocycles. The normalized spacial score (nSPS) is 20.3. The number of H-pyrrole nitrogens is 1. The van der Waals surface area contributed by atoms with Crippen molar-refractivity contribution in [2.75, 3.05) is 95.3 Å². The lowest BCUT2D eigenvalue weighted by atomic mass is 9.72. The first kappa shape index (κ1) is 76.8. The number of ether oxygens (including phenoxy) is 1. The number of unbranched alkanes of at least 4 members (excludes halogenated alkanes) is 5. The molecule has 12 rings (SSSR count). The Morgan fingerprint density at radius 1 is 0.848 bits per heavy atom. The summed E-state index contributed by atoms with van der Waals surface area (Å²) in [5, 5.41) is 34.7. The minimum absolute atomic E-state index is 0.0406. The standard InChI is InChI=1S/C80H104ClN13O9S2/c1-54-73(104-53-87-54)58-17-13-55(14-18-58)49-86-77(97)71-45-64(95)52-93(71)78(98)74(79(2,3)4)82-32-11-9-7-8-10-12-34-89-35-39-91(40-36-89)62-23-15-56(16-24-62)48-84-69-28-26-66(46-70(69)94(99)100)105(101,102)88-76(96)67-27-25-63(44-72(67)103-65-43-59-30-33-83-75(59)85-50-65)92-41-37-90(38-42-92)51-60-29-31-80(5,6)47-68(60)57-19-21-61(81)22-20-57/h13-14,17-22,25-28,30,33,43-44,46,50,53,56,62,64,71,74,82,84,95H,7-12,15-16,23-24,29,31-32,34-42,45,47-49,51-52H2,1-6H3,(H,83,85)(H,86,97)(H,88,96)/t56?,62?,64-,71+,74-/m1/s1. The van der Waals surface area contributed by atoms with E-state index >= 15 is 0 Å². The molecule has 1 saturated carbocycles. The van der Waals surface area contributed by atoms with Crippen LogP contribution >= 0.6 is 22.9 Å². The van der Waals surface area contributed by atoms with Gasteiger partial charge < -0.3 is 45.5 Å². The van der Waals surface area contributed by atoms with Gasteiger partial charge in [-0.3, -0.25) is 34.3 Å². The minimum Gasteiger partial charge on any atom is -0.455 e. The number of aliphatic hydroxyl groups is 1. The third kappa shape index (κ3) is 19.9. The number of rotatable bonds is 29. The second-order valence-corrected chi connectivity index (χ2v) is 34.3. The van der Waals surface area contributed by atoms with Gasteiger partial charge in [-0.2, -0.15) is 0 Å².